The SMILES string of the molecule is CCNC(=O)[C@H](CC)N(Cc1ccccc1C)C(=O)COc1ccc(Cl)cc1Cl. The van der Waals surface area contributed by atoms with Crippen LogP contribution in [0.15, 0.2) is 42.5 Å². The summed E-state index contributed by atoms with van der Waals surface area (Å²) in [5.41, 5.74) is 2.03. The van der Waals surface area contributed by atoms with Crippen LogP contribution in [-0.4, -0.2) is 35.9 Å². The molecule has 0 saturated heterocycles. The van der Waals surface area contributed by atoms with Crippen LogP contribution in [0.1, 0.15) is 31.4 Å². The molecule has 0 saturated carbocycles. The first-order valence-electron chi connectivity index (χ1n) is 9.56. The van der Waals surface area contributed by atoms with E-state index in [4.69, 9.17) is 27.9 Å². The second kappa shape index (κ2) is 11.1. The zero-order valence-corrected chi connectivity index (χ0v) is 18.4. The van der Waals surface area contributed by atoms with Crippen molar-refractivity contribution >= 4 is 35.0 Å². The van der Waals surface area contributed by atoms with Crippen molar-refractivity contribution < 1.29 is 14.3 Å². The first-order chi connectivity index (χ1) is 13.9. The second-order valence-corrected chi connectivity index (χ2v) is 7.47. The molecule has 0 spiro atoms. The van der Waals surface area contributed by atoms with E-state index in [2.05, 4.69) is 5.32 Å². The van der Waals surface area contributed by atoms with E-state index in [0.29, 0.717) is 35.3 Å². The Kier molecular flexibility index (Phi) is 8.80. The van der Waals surface area contributed by atoms with Crippen LogP contribution in [0.5, 0.6) is 5.75 Å². The molecule has 29 heavy (non-hydrogen) atoms. The van der Waals surface area contributed by atoms with E-state index < -0.39 is 6.04 Å². The number of hydrogen-bond donors (Lipinski definition) is 1. The van der Waals surface area contributed by atoms with E-state index in [9.17, 15) is 9.59 Å². The maximum atomic E-state index is 13.1. The van der Waals surface area contributed by atoms with Crippen molar-refractivity contribution in [2.24, 2.45) is 0 Å². The summed E-state index contributed by atoms with van der Waals surface area (Å²) in [7, 11) is 0. The molecule has 2 rings (SSSR count). The number of ether oxygens (including phenoxy) is 1. The minimum atomic E-state index is -0.591. The summed E-state index contributed by atoms with van der Waals surface area (Å²) in [6.07, 6.45) is 0.491. The predicted molar refractivity (Wildman–Crippen MR) is 116 cm³/mol. The van der Waals surface area contributed by atoms with Gasteiger partial charge < -0.3 is 15.0 Å². The van der Waals surface area contributed by atoms with Crippen LogP contribution in [0.4, 0.5) is 0 Å². The monoisotopic (exact) mass is 436 g/mol. The molecule has 0 aliphatic heterocycles. The van der Waals surface area contributed by atoms with Crippen molar-refractivity contribution in [3.63, 3.8) is 0 Å². The fourth-order valence-corrected chi connectivity index (χ4v) is 3.46. The second-order valence-electron chi connectivity index (χ2n) is 6.63. The largest absolute Gasteiger partial charge is 0.482 e. The minimum Gasteiger partial charge on any atom is -0.482 e. The van der Waals surface area contributed by atoms with Crippen molar-refractivity contribution in [2.45, 2.75) is 39.8 Å². The quantitative estimate of drug-likeness (QED) is 0.623. The van der Waals surface area contributed by atoms with Gasteiger partial charge >= 0.3 is 0 Å². The highest BCUT2D eigenvalue weighted by Crippen LogP contribution is 2.27. The molecule has 156 valence electrons. The molecule has 0 aliphatic carbocycles. The lowest BCUT2D eigenvalue weighted by atomic mass is 10.1. The number of carbonyl (C=O) groups is 2. The fourth-order valence-electron chi connectivity index (χ4n) is 3.00. The van der Waals surface area contributed by atoms with E-state index in [1.165, 1.54) is 0 Å². The summed E-state index contributed by atoms with van der Waals surface area (Å²) in [4.78, 5) is 27.2. The molecule has 0 bridgehead atoms. The zero-order chi connectivity index (χ0) is 21.4. The van der Waals surface area contributed by atoms with Gasteiger partial charge in [-0.3, -0.25) is 9.59 Å². The van der Waals surface area contributed by atoms with Crippen molar-refractivity contribution in [1.29, 1.82) is 0 Å². The molecule has 0 unspecified atom stereocenters. The third-order valence-electron chi connectivity index (χ3n) is 4.58. The number of halogens is 2. The molecule has 0 heterocycles. The number of rotatable bonds is 9. The highest BCUT2D eigenvalue weighted by molar-refractivity contribution is 6.35. The van der Waals surface area contributed by atoms with E-state index in [1.807, 2.05) is 45.0 Å². The highest BCUT2D eigenvalue weighted by atomic mass is 35.5. The van der Waals surface area contributed by atoms with Gasteiger partial charge in [-0.25, -0.2) is 0 Å². The van der Waals surface area contributed by atoms with Gasteiger partial charge in [0.2, 0.25) is 5.91 Å². The number of likely N-dealkylation sites (N-methyl/N-ethyl adjacent to an activating group) is 1. The summed E-state index contributed by atoms with van der Waals surface area (Å²) in [6, 6.07) is 12.0. The average molecular weight is 437 g/mol. The molecule has 2 amide bonds. The number of carbonyl (C=O) groups excluding carboxylic acids is 2. The lowest BCUT2D eigenvalue weighted by molar-refractivity contribution is -0.142. The van der Waals surface area contributed by atoms with Gasteiger partial charge in [0.05, 0.1) is 5.02 Å². The van der Waals surface area contributed by atoms with Crippen LogP contribution in [0.25, 0.3) is 0 Å². The zero-order valence-electron chi connectivity index (χ0n) is 16.9. The van der Waals surface area contributed by atoms with E-state index in [0.717, 1.165) is 11.1 Å². The molecule has 7 heteroatoms. The van der Waals surface area contributed by atoms with Crippen molar-refractivity contribution in [2.75, 3.05) is 13.2 Å². The average Bonchev–Trinajstić information content (AvgIpc) is 2.68. The van der Waals surface area contributed by atoms with Gasteiger partial charge in [0, 0.05) is 18.1 Å². The third-order valence-corrected chi connectivity index (χ3v) is 5.11. The van der Waals surface area contributed by atoms with Crippen LogP contribution in [0.2, 0.25) is 10.0 Å². The Morgan fingerprint density at radius 2 is 1.86 bits per heavy atom. The molecule has 0 radical (unpaired) electrons. The van der Waals surface area contributed by atoms with Gasteiger partial charge in [-0.05, 0) is 49.6 Å². The molecule has 5 nitrogen and oxygen atoms in total. The lowest BCUT2D eigenvalue weighted by Gasteiger charge is -2.31. The maximum Gasteiger partial charge on any atom is 0.261 e. The van der Waals surface area contributed by atoms with E-state index >= 15 is 0 Å². The molecule has 1 atom stereocenters. The van der Waals surface area contributed by atoms with Gasteiger partial charge in [0.1, 0.15) is 11.8 Å². The third kappa shape index (κ3) is 6.38. The molecular weight excluding hydrogens is 411 g/mol. The summed E-state index contributed by atoms with van der Waals surface area (Å²) in [5, 5.41) is 3.62. The Morgan fingerprint density at radius 1 is 1.14 bits per heavy atom. The Hall–Kier alpha value is -2.24. The minimum absolute atomic E-state index is 0.179. The van der Waals surface area contributed by atoms with Crippen LogP contribution >= 0.6 is 23.2 Å². The number of benzene rings is 2. The van der Waals surface area contributed by atoms with Gasteiger partial charge in [-0.2, -0.15) is 0 Å². The van der Waals surface area contributed by atoms with Crippen LogP contribution < -0.4 is 10.1 Å². The summed E-state index contributed by atoms with van der Waals surface area (Å²) >= 11 is 12.0. The number of hydrogen-bond acceptors (Lipinski definition) is 3. The maximum absolute atomic E-state index is 13.1. The van der Waals surface area contributed by atoms with Crippen molar-refractivity contribution in [3.05, 3.63) is 63.6 Å². The molecule has 0 aromatic heterocycles. The van der Waals surface area contributed by atoms with Crippen molar-refractivity contribution in [1.82, 2.24) is 10.2 Å². The van der Waals surface area contributed by atoms with Crippen LogP contribution in [0.3, 0.4) is 0 Å². The number of nitrogens with one attached hydrogen (secondary N) is 1. The summed E-state index contributed by atoms with van der Waals surface area (Å²) in [6.45, 7) is 6.30. The number of nitrogens with zero attached hydrogens (tertiary/aromatic N) is 1. The molecule has 0 fully saturated rings. The van der Waals surface area contributed by atoms with E-state index in [1.54, 1.807) is 23.1 Å². The highest BCUT2D eigenvalue weighted by Gasteiger charge is 2.29. The molecule has 1 N–H and O–H groups in total. The lowest BCUT2D eigenvalue weighted by Crippen LogP contribution is -2.50. The molecule has 2 aromatic rings. The Bertz CT molecular complexity index is 858. The summed E-state index contributed by atoms with van der Waals surface area (Å²) in [5.74, 6) is -0.106. The molecular formula is C22H26Cl2N2O3. The topological polar surface area (TPSA) is 58.6 Å². The fraction of sp³-hybridized carbons (Fsp3) is 0.364. The van der Waals surface area contributed by atoms with Gasteiger partial charge in [-0.15, -0.1) is 0 Å². The predicted octanol–water partition coefficient (Wildman–Crippen LogP) is 4.62. The van der Waals surface area contributed by atoms with Crippen molar-refractivity contribution in [3.8, 4) is 5.75 Å². The van der Waals surface area contributed by atoms with E-state index in [-0.39, 0.29) is 18.4 Å². The number of amides is 2. The number of aryl methyl sites for hydroxylation is 1. The van der Waals surface area contributed by atoms with Gasteiger partial charge in [-0.1, -0.05) is 54.4 Å². The first kappa shape index (κ1) is 23.0. The van der Waals surface area contributed by atoms with Crippen LogP contribution in [0, 0.1) is 6.92 Å². The first-order valence-corrected chi connectivity index (χ1v) is 10.3. The van der Waals surface area contributed by atoms with Gasteiger partial charge in [0.15, 0.2) is 6.61 Å². The van der Waals surface area contributed by atoms with Crippen LogP contribution in [-0.2, 0) is 16.1 Å². The van der Waals surface area contributed by atoms with Gasteiger partial charge in [0.25, 0.3) is 5.91 Å². The molecule has 2 aromatic carbocycles. The smallest absolute Gasteiger partial charge is 0.261 e. The Labute approximate surface area is 181 Å². The molecule has 0 aliphatic rings. The Balaban J connectivity index is 2.23. The standard InChI is InChI=1S/C22H26Cl2N2O3/c1-4-19(22(28)25-5-2)26(13-16-9-7-6-8-15(16)3)21(27)14-29-20-11-10-17(23)12-18(20)24/h6-12,19H,4-5,13-14H2,1-3H3,(H,25,28)/t19-/m0/s1. The summed E-state index contributed by atoms with van der Waals surface area (Å²) < 4.78 is 5.62. The Morgan fingerprint density at radius 3 is 2.48 bits per heavy atom. The normalized spacial score (nSPS) is 11.6.